The highest BCUT2D eigenvalue weighted by Crippen LogP contribution is 1.42. The third-order valence-corrected chi connectivity index (χ3v) is 0. The van der Waals surface area contributed by atoms with Crippen LogP contribution in [0.15, 0.2) is 0 Å². The Kier molecular flexibility index (Phi) is 43.0. The molecule has 0 rings (SSSR count). The van der Waals surface area contributed by atoms with E-state index in [1.165, 1.54) is 0 Å². The molecule has 0 saturated carbocycles. The summed E-state index contributed by atoms with van der Waals surface area (Å²) in [5.41, 5.74) is 0. The van der Waals surface area contributed by atoms with Gasteiger partial charge in [0.25, 0.3) is 5.97 Å². The van der Waals surface area contributed by atoms with E-state index in [-0.39, 0.29) is 21.9 Å². The van der Waals surface area contributed by atoms with E-state index in [1.54, 1.807) is 0 Å². The summed E-state index contributed by atoms with van der Waals surface area (Å²) >= 11 is 0. The molecule has 0 aromatic heterocycles. The molecule has 0 fully saturated rings. The van der Waals surface area contributed by atoms with Crippen LogP contribution in [0, 0.1) is 0 Å². The van der Waals surface area contributed by atoms with Crippen LogP contribution in [0.5, 0.6) is 0 Å². The standard InChI is InChI=1S/C2H4O2.4H2O/c1-2(3)4;;;;/h1H3,(H,3,4);4*1H2/i1D3;;;;. The fraction of sp³-hybridized carbons (Fsp3) is 0.500. The molecule has 0 aromatic rings. The Labute approximate surface area is 50.2 Å². The van der Waals surface area contributed by atoms with Crippen LogP contribution in [-0.4, -0.2) is 33.0 Å². The summed E-state index contributed by atoms with van der Waals surface area (Å²) in [5.74, 6) is -1.76. The van der Waals surface area contributed by atoms with Gasteiger partial charge in [0.05, 0.1) is 0 Å². The van der Waals surface area contributed by atoms with Crippen LogP contribution in [0.25, 0.3) is 0 Å². The summed E-state index contributed by atoms with van der Waals surface area (Å²) in [5, 5.41) is 7.69. The fourth-order valence-electron chi connectivity index (χ4n) is 0. The maximum atomic E-state index is 9.46. The molecule has 0 heterocycles. The third kappa shape index (κ3) is 207. The topological polar surface area (TPSA) is 163 Å². The van der Waals surface area contributed by atoms with E-state index in [0.717, 1.165) is 0 Å². The van der Waals surface area contributed by atoms with Crippen LogP contribution < -0.4 is 0 Å². The number of aliphatic carboxylic acids is 1. The molecule has 0 aliphatic heterocycles. The van der Waals surface area contributed by atoms with E-state index < -0.39 is 12.8 Å². The van der Waals surface area contributed by atoms with Crippen molar-refractivity contribution in [3.63, 3.8) is 0 Å². The summed E-state index contributed by atoms with van der Waals surface area (Å²) < 4.78 is 18.4. The smallest absolute Gasteiger partial charge is 0.300 e. The summed E-state index contributed by atoms with van der Waals surface area (Å²) in [6.07, 6.45) is 0. The minimum absolute atomic E-state index is 0. The zero-order valence-electron chi connectivity index (χ0n) is 6.86. The van der Waals surface area contributed by atoms with Gasteiger partial charge in [-0.3, -0.25) is 4.79 Å². The lowest BCUT2D eigenvalue weighted by atomic mass is 10.9. The van der Waals surface area contributed by atoms with Crippen molar-refractivity contribution in [1.29, 1.82) is 0 Å². The summed E-state index contributed by atoms with van der Waals surface area (Å²) in [6.45, 7) is -2.83. The first-order chi connectivity index (χ1) is 2.94. The Morgan fingerprint density at radius 3 is 1.50 bits per heavy atom. The summed E-state index contributed by atoms with van der Waals surface area (Å²) in [6, 6.07) is 0. The van der Waals surface area contributed by atoms with E-state index in [1.807, 2.05) is 0 Å². The van der Waals surface area contributed by atoms with E-state index in [9.17, 15) is 4.79 Å². The largest absolute Gasteiger partial charge is 0.481 e. The highest BCUT2D eigenvalue weighted by molar-refractivity contribution is 5.62. The average Bonchev–Trinajstić information content (AvgIpc) is 1.31. The summed E-state index contributed by atoms with van der Waals surface area (Å²) in [4.78, 5) is 9.46. The Bertz CT molecular complexity index is 88.3. The van der Waals surface area contributed by atoms with Gasteiger partial charge in [0.15, 0.2) is 0 Å². The van der Waals surface area contributed by atoms with Gasteiger partial charge in [-0.05, 0) is 0 Å². The maximum absolute atomic E-state index is 9.46. The zero-order valence-corrected chi connectivity index (χ0v) is 3.86. The molecular formula is C2H12O6. The summed E-state index contributed by atoms with van der Waals surface area (Å²) in [7, 11) is 0. The molecule has 9 N–H and O–H groups in total. The molecular weight excluding hydrogens is 120 g/mol. The molecule has 0 radical (unpaired) electrons. The Morgan fingerprint density at radius 2 is 1.50 bits per heavy atom. The van der Waals surface area contributed by atoms with Crippen LogP contribution in [0.3, 0.4) is 0 Å². The van der Waals surface area contributed by atoms with Crippen molar-refractivity contribution < 1.29 is 35.9 Å². The quantitative estimate of drug-likeness (QED) is 0.370. The molecule has 0 bridgehead atoms. The molecule has 0 aromatic carbocycles. The van der Waals surface area contributed by atoms with Gasteiger partial charge in [-0.25, -0.2) is 0 Å². The van der Waals surface area contributed by atoms with Crippen LogP contribution in [0.2, 0.25) is 0 Å². The molecule has 0 atom stereocenters. The van der Waals surface area contributed by atoms with Gasteiger partial charge < -0.3 is 27.0 Å². The van der Waals surface area contributed by atoms with Gasteiger partial charge in [0.2, 0.25) is 0 Å². The molecule has 0 amide bonds. The van der Waals surface area contributed by atoms with Gasteiger partial charge in [-0.15, -0.1) is 0 Å². The van der Waals surface area contributed by atoms with Gasteiger partial charge >= 0.3 is 0 Å². The molecule has 0 saturated heterocycles. The molecule has 56 valence electrons. The molecule has 0 spiro atoms. The molecule has 0 aliphatic rings. The molecule has 6 heteroatoms. The van der Waals surface area contributed by atoms with Crippen molar-refractivity contribution >= 4 is 5.97 Å². The van der Waals surface area contributed by atoms with Crippen molar-refractivity contribution in [3.8, 4) is 0 Å². The second-order valence-corrected chi connectivity index (χ2v) is 0.305. The van der Waals surface area contributed by atoms with E-state index >= 15 is 0 Å². The van der Waals surface area contributed by atoms with Gasteiger partial charge in [-0.1, -0.05) is 0 Å². The molecule has 6 nitrogen and oxygen atoms in total. The monoisotopic (exact) mass is 135 g/mol. The first-order valence-electron chi connectivity index (χ1n) is 2.18. The highest BCUT2D eigenvalue weighted by atomic mass is 16.4. The Balaban J connectivity index is -0.0000000300. The number of carboxylic acid groups (broad SMARTS) is 1. The molecule has 0 aliphatic carbocycles. The van der Waals surface area contributed by atoms with Crippen molar-refractivity contribution in [2.45, 2.75) is 6.85 Å². The van der Waals surface area contributed by atoms with E-state index in [4.69, 9.17) is 9.22 Å². The number of carboxylic acids is 1. The molecule has 0 unspecified atom stereocenters. The third-order valence-electron chi connectivity index (χ3n) is 0. The Morgan fingerprint density at radius 1 is 1.38 bits per heavy atom. The SMILES string of the molecule is O.O.O.O.[2H]C([2H])([2H])C(=O)O. The highest BCUT2D eigenvalue weighted by Gasteiger charge is 1.65. The first kappa shape index (κ1) is 10.3. The number of hydrogen-bond donors (Lipinski definition) is 1. The van der Waals surface area contributed by atoms with Crippen LogP contribution in [0.4, 0.5) is 0 Å². The van der Waals surface area contributed by atoms with Gasteiger partial charge in [0, 0.05) is 11.0 Å². The second-order valence-electron chi connectivity index (χ2n) is 0.305. The predicted molar refractivity (Wildman–Crippen MR) is 27.8 cm³/mol. The Hall–Kier alpha value is -0.690. The first-order valence-corrected chi connectivity index (χ1v) is 0.678. The predicted octanol–water partition coefficient (Wildman–Crippen LogP) is -3.21. The van der Waals surface area contributed by atoms with Gasteiger partial charge in [0.1, 0.15) is 0 Å². The normalized spacial score (nSPS) is 10.2. The van der Waals surface area contributed by atoms with E-state index in [0.29, 0.717) is 0 Å². The number of carbonyl (C=O) groups is 1. The number of rotatable bonds is 0. The number of hydrogen-bond acceptors (Lipinski definition) is 1. The lowest BCUT2D eigenvalue weighted by Gasteiger charge is -1.59. The van der Waals surface area contributed by atoms with Crippen molar-refractivity contribution in [3.05, 3.63) is 0 Å². The van der Waals surface area contributed by atoms with Gasteiger partial charge in [-0.2, -0.15) is 0 Å². The van der Waals surface area contributed by atoms with Crippen molar-refractivity contribution in [1.82, 2.24) is 0 Å². The maximum Gasteiger partial charge on any atom is 0.300 e. The minimum atomic E-state index is -2.83. The lowest BCUT2D eigenvalue weighted by molar-refractivity contribution is -0.134. The average molecular weight is 135 g/mol. The second kappa shape index (κ2) is 33.3. The minimum Gasteiger partial charge on any atom is -0.481 e. The lowest BCUT2D eigenvalue weighted by Crippen LogP contribution is -1.78. The van der Waals surface area contributed by atoms with Crippen molar-refractivity contribution in [2.24, 2.45) is 0 Å². The zero-order chi connectivity index (χ0) is 6.08. The molecule has 8 heavy (non-hydrogen) atoms. The van der Waals surface area contributed by atoms with Crippen LogP contribution in [0.1, 0.15) is 11.0 Å². The van der Waals surface area contributed by atoms with Crippen molar-refractivity contribution in [2.75, 3.05) is 0 Å². The van der Waals surface area contributed by atoms with Crippen LogP contribution in [-0.2, 0) is 4.79 Å². The van der Waals surface area contributed by atoms with Crippen LogP contribution >= 0.6 is 0 Å². The fourth-order valence-corrected chi connectivity index (χ4v) is 0. The van der Waals surface area contributed by atoms with E-state index in [2.05, 4.69) is 0 Å².